The maximum absolute atomic E-state index is 13.3. The van der Waals surface area contributed by atoms with Crippen LogP contribution in [0, 0.1) is 22.9 Å². The van der Waals surface area contributed by atoms with Gasteiger partial charge in [-0.3, -0.25) is 14.9 Å². The lowest BCUT2D eigenvalue weighted by Crippen LogP contribution is -2.14. The van der Waals surface area contributed by atoms with Gasteiger partial charge in [-0.1, -0.05) is 24.3 Å². The molecule has 0 bridgehead atoms. The van der Waals surface area contributed by atoms with Crippen LogP contribution in [0.15, 0.2) is 65.6 Å². The fourth-order valence-electron chi connectivity index (χ4n) is 4.15. The highest BCUT2D eigenvalue weighted by atomic mass is 32.2. The monoisotopic (exact) mass is 536 g/mol. The minimum atomic E-state index is -0.734. The van der Waals surface area contributed by atoms with E-state index in [4.69, 9.17) is 0 Å². The molecule has 1 aromatic heterocycles. The van der Waals surface area contributed by atoms with Gasteiger partial charge in [0.05, 0.1) is 22.7 Å². The number of carbonyl (C=O) groups excluding carboxylic acids is 1. The number of hydrogen-bond acceptors (Lipinski definition) is 8. The number of amides is 1. The molecular formula is C26H21FN4O4S2. The van der Waals surface area contributed by atoms with E-state index in [2.05, 4.69) is 20.7 Å². The fraction of sp³-hybridized carbons (Fsp3) is 0.154. The molecule has 2 N–H and O–H groups in total. The number of hydrogen-bond donors (Lipinski definition) is 2. The molecule has 0 saturated heterocycles. The number of anilines is 2. The van der Waals surface area contributed by atoms with E-state index in [1.165, 1.54) is 41.5 Å². The van der Waals surface area contributed by atoms with Crippen molar-refractivity contribution in [3.05, 3.63) is 92.6 Å². The van der Waals surface area contributed by atoms with E-state index in [-0.39, 0.29) is 22.9 Å². The maximum atomic E-state index is 13.3. The van der Waals surface area contributed by atoms with Gasteiger partial charge in [-0.25, -0.2) is 9.37 Å². The Hall–Kier alpha value is -3.96. The normalized spacial score (nSPS) is 12.4. The first-order valence-electron chi connectivity index (χ1n) is 11.4. The number of nitrogens with zero attached hydrogens (tertiary/aromatic N) is 3. The summed E-state index contributed by atoms with van der Waals surface area (Å²) in [6.07, 6.45) is 0.780. The van der Waals surface area contributed by atoms with Crippen molar-refractivity contribution < 1.29 is 19.2 Å². The van der Waals surface area contributed by atoms with E-state index in [1.54, 1.807) is 18.2 Å². The summed E-state index contributed by atoms with van der Waals surface area (Å²) in [7, 11) is 0. The molecule has 3 aromatic carbocycles. The molecule has 0 unspecified atom stereocenters. The minimum Gasteiger partial charge on any atom is -0.505 e. The molecule has 11 heteroatoms. The second-order valence-corrected chi connectivity index (χ2v) is 10.7. The quantitative estimate of drug-likeness (QED) is 0.166. The Balaban J connectivity index is 1.30. The minimum absolute atomic E-state index is 0.0201. The lowest BCUT2D eigenvalue weighted by Gasteiger charge is -2.18. The molecule has 1 aliphatic heterocycles. The third-order valence-electron chi connectivity index (χ3n) is 5.89. The third-order valence-corrected chi connectivity index (χ3v) is 7.92. The van der Waals surface area contributed by atoms with Gasteiger partial charge in [0.2, 0.25) is 5.91 Å². The Morgan fingerprint density at radius 2 is 2.05 bits per heavy atom. The van der Waals surface area contributed by atoms with E-state index in [0.29, 0.717) is 15.6 Å². The maximum Gasteiger partial charge on any atom is 0.284 e. The van der Waals surface area contributed by atoms with E-state index in [1.807, 2.05) is 19.1 Å². The first-order chi connectivity index (χ1) is 17.8. The predicted molar refractivity (Wildman–Crippen MR) is 143 cm³/mol. The van der Waals surface area contributed by atoms with E-state index < -0.39 is 11.6 Å². The SMILES string of the molecule is Cc1sc(NC(=O)Cc2ccc(F)c(O)c2)nc1-c1ccc2c(c1)CCN2Sc1ccccc1[N+](=O)[O-]. The summed E-state index contributed by atoms with van der Waals surface area (Å²) in [6.45, 7) is 2.66. The average molecular weight is 537 g/mol. The van der Waals surface area contributed by atoms with Crippen LogP contribution in [0.1, 0.15) is 16.0 Å². The summed E-state index contributed by atoms with van der Waals surface area (Å²) < 4.78 is 15.3. The van der Waals surface area contributed by atoms with E-state index >= 15 is 0 Å². The van der Waals surface area contributed by atoms with Gasteiger partial charge >= 0.3 is 0 Å². The second kappa shape index (κ2) is 10.2. The average Bonchev–Trinajstić information content (AvgIpc) is 3.43. The number of nitro benzene ring substituents is 1. The molecule has 37 heavy (non-hydrogen) atoms. The van der Waals surface area contributed by atoms with Gasteiger partial charge in [0.1, 0.15) is 4.90 Å². The van der Waals surface area contributed by atoms with Crippen LogP contribution in [0.3, 0.4) is 0 Å². The number of phenolic OH excluding ortho intramolecular Hbond substituents is 1. The number of thiazole rings is 1. The molecular weight excluding hydrogens is 515 g/mol. The number of benzene rings is 3. The molecule has 5 rings (SSSR count). The summed E-state index contributed by atoms with van der Waals surface area (Å²) in [5, 5.41) is 24.1. The number of carbonyl (C=O) groups is 1. The molecule has 1 amide bonds. The number of aromatic nitrogens is 1. The Morgan fingerprint density at radius 3 is 2.84 bits per heavy atom. The van der Waals surface area contributed by atoms with Crippen molar-refractivity contribution in [2.24, 2.45) is 0 Å². The zero-order valence-corrected chi connectivity index (χ0v) is 21.2. The zero-order chi connectivity index (χ0) is 26.1. The van der Waals surface area contributed by atoms with Gasteiger partial charge in [-0.15, -0.1) is 11.3 Å². The molecule has 0 aliphatic carbocycles. The van der Waals surface area contributed by atoms with Crippen LogP contribution < -0.4 is 9.62 Å². The first-order valence-corrected chi connectivity index (χ1v) is 12.9. The van der Waals surface area contributed by atoms with Crippen LogP contribution in [0.2, 0.25) is 0 Å². The number of aryl methyl sites for hydroxylation is 1. The number of phenols is 1. The Morgan fingerprint density at radius 1 is 1.24 bits per heavy atom. The topological polar surface area (TPSA) is 109 Å². The van der Waals surface area contributed by atoms with Crippen molar-refractivity contribution in [1.29, 1.82) is 0 Å². The van der Waals surface area contributed by atoms with Crippen LogP contribution in [-0.4, -0.2) is 27.5 Å². The smallest absolute Gasteiger partial charge is 0.284 e. The number of rotatable bonds is 7. The van der Waals surface area contributed by atoms with Crippen molar-refractivity contribution in [2.45, 2.75) is 24.7 Å². The predicted octanol–water partition coefficient (Wildman–Crippen LogP) is 6.12. The van der Waals surface area contributed by atoms with Crippen LogP contribution in [0.5, 0.6) is 5.75 Å². The summed E-state index contributed by atoms with van der Waals surface area (Å²) in [6, 6.07) is 16.6. The number of halogens is 1. The van der Waals surface area contributed by atoms with Crippen molar-refractivity contribution in [3.63, 3.8) is 0 Å². The molecule has 4 aromatic rings. The Labute approximate surface area is 220 Å². The number of para-hydroxylation sites is 1. The standard InChI is InChI=1S/C26H21FN4O4S2/c1-15-25(29-26(36-15)28-24(33)13-16-6-8-19(27)22(32)12-16)18-7-9-20-17(14-18)10-11-30(20)37-23-5-3-2-4-21(23)31(34)35/h2-9,12,14,32H,10-11,13H2,1H3,(H,28,29,33). The van der Waals surface area contributed by atoms with Crippen molar-refractivity contribution >= 4 is 45.7 Å². The van der Waals surface area contributed by atoms with Gasteiger partial charge in [0.25, 0.3) is 5.69 Å². The van der Waals surface area contributed by atoms with Gasteiger partial charge in [-0.2, -0.15) is 0 Å². The van der Waals surface area contributed by atoms with Crippen LogP contribution in [0.25, 0.3) is 11.3 Å². The van der Waals surface area contributed by atoms with Crippen molar-refractivity contribution in [3.8, 4) is 17.0 Å². The highest BCUT2D eigenvalue weighted by Gasteiger charge is 2.24. The summed E-state index contributed by atoms with van der Waals surface area (Å²) >= 11 is 2.72. The molecule has 188 valence electrons. The highest BCUT2D eigenvalue weighted by molar-refractivity contribution is 8.00. The number of aromatic hydroxyl groups is 1. The van der Waals surface area contributed by atoms with Crippen LogP contribution in [0.4, 0.5) is 20.9 Å². The van der Waals surface area contributed by atoms with E-state index in [0.717, 1.165) is 46.4 Å². The summed E-state index contributed by atoms with van der Waals surface area (Å²) in [5.74, 6) is -1.54. The molecule has 0 fully saturated rings. The second-order valence-electron chi connectivity index (χ2n) is 8.45. The summed E-state index contributed by atoms with van der Waals surface area (Å²) in [4.78, 5) is 29.6. The lowest BCUT2D eigenvalue weighted by molar-refractivity contribution is -0.387. The molecule has 0 spiro atoms. The van der Waals surface area contributed by atoms with E-state index in [9.17, 15) is 24.4 Å². The molecule has 1 aliphatic rings. The molecule has 0 atom stereocenters. The van der Waals surface area contributed by atoms with Crippen LogP contribution >= 0.6 is 23.3 Å². The van der Waals surface area contributed by atoms with Gasteiger partial charge in [-0.05, 0) is 66.8 Å². The van der Waals surface area contributed by atoms with Crippen molar-refractivity contribution in [1.82, 2.24) is 4.98 Å². The van der Waals surface area contributed by atoms with Crippen molar-refractivity contribution in [2.75, 3.05) is 16.2 Å². The highest BCUT2D eigenvalue weighted by Crippen LogP contribution is 2.41. The number of nitro groups is 1. The largest absolute Gasteiger partial charge is 0.505 e. The molecule has 0 radical (unpaired) electrons. The Kier molecular flexibility index (Phi) is 6.81. The third kappa shape index (κ3) is 5.27. The van der Waals surface area contributed by atoms with Gasteiger partial charge in [0.15, 0.2) is 16.7 Å². The summed E-state index contributed by atoms with van der Waals surface area (Å²) in [5.41, 5.74) is 4.41. The van der Waals surface area contributed by atoms with Crippen LogP contribution in [-0.2, 0) is 17.6 Å². The number of nitrogens with one attached hydrogen (secondary N) is 1. The van der Waals surface area contributed by atoms with Gasteiger partial charge in [0, 0.05) is 23.1 Å². The first kappa shape index (κ1) is 24.7. The fourth-order valence-corrected chi connectivity index (χ4v) is 6.08. The molecule has 0 saturated carbocycles. The molecule has 2 heterocycles. The Bertz CT molecular complexity index is 1520. The van der Waals surface area contributed by atoms with Gasteiger partial charge < -0.3 is 14.7 Å². The molecule has 8 nitrogen and oxygen atoms in total. The number of fused-ring (bicyclic) bond motifs is 1. The lowest BCUT2D eigenvalue weighted by atomic mass is 10.1. The zero-order valence-electron chi connectivity index (χ0n) is 19.6.